The van der Waals surface area contributed by atoms with Gasteiger partial charge in [0.05, 0.1) is 23.7 Å². The van der Waals surface area contributed by atoms with Crippen LogP contribution in [0.15, 0.2) is 47.5 Å². The molecule has 1 aromatic carbocycles. The van der Waals surface area contributed by atoms with Crippen molar-refractivity contribution in [1.82, 2.24) is 9.71 Å². The molecule has 0 bridgehead atoms. The van der Waals surface area contributed by atoms with Gasteiger partial charge < -0.3 is 5.11 Å². The van der Waals surface area contributed by atoms with Crippen LogP contribution in [0.25, 0.3) is 0 Å². The summed E-state index contributed by atoms with van der Waals surface area (Å²) >= 11 is 0. The minimum Gasteiger partial charge on any atom is -0.392 e. The van der Waals surface area contributed by atoms with Crippen LogP contribution in [0.2, 0.25) is 0 Å². The van der Waals surface area contributed by atoms with Crippen LogP contribution in [0.4, 0.5) is 0 Å². The molecule has 0 spiro atoms. The van der Waals surface area contributed by atoms with E-state index in [0.29, 0.717) is 11.3 Å². The SMILES string of the molecule is Cc1cccnc1CNS(=O)(=O)c1ccccc1CO. The Morgan fingerprint density at radius 1 is 1.20 bits per heavy atom. The van der Waals surface area contributed by atoms with E-state index in [0.717, 1.165) is 5.56 Å². The largest absolute Gasteiger partial charge is 0.392 e. The predicted molar refractivity (Wildman–Crippen MR) is 75.4 cm³/mol. The fourth-order valence-corrected chi connectivity index (χ4v) is 3.06. The molecule has 2 aromatic rings. The highest BCUT2D eigenvalue weighted by Crippen LogP contribution is 2.15. The number of aryl methyl sites for hydroxylation is 1. The first kappa shape index (κ1) is 14.6. The van der Waals surface area contributed by atoms with Crippen molar-refractivity contribution in [3.05, 3.63) is 59.4 Å². The van der Waals surface area contributed by atoms with Gasteiger partial charge in [-0.1, -0.05) is 24.3 Å². The fraction of sp³-hybridized carbons (Fsp3) is 0.214. The van der Waals surface area contributed by atoms with Crippen LogP contribution in [0.1, 0.15) is 16.8 Å². The van der Waals surface area contributed by atoms with Gasteiger partial charge in [-0.3, -0.25) is 4.98 Å². The standard InChI is InChI=1S/C14H16N2O3S/c1-11-5-4-8-15-13(11)9-16-20(18,19)14-7-3-2-6-12(14)10-17/h2-8,16-17H,9-10H2,1H3. The van der Waals surface area contributed by atoms with Crippen molar-refractivity contribution in [3.63, 3.8) is 0 Å². The van der Waals surface area contributed by atoms with Gasteiger partial charge in [-0.25, -0.2) is 13.1 Å². The summed E-state index contributed by atoms with van der Waals surface area (Å²) in [6.07, 6.45) is 1.62. The molecule has 0 saturated heterocycles. The monoisotopic (exact) mass is 292 g/mol. The molecule has 0 amide bonds. The number of benzene rings is 1. The Balaban J connectivity index is 2.22. The second-order valence-corrected chi connectivity index (χ2v) is 6.09. The molecule has 0 radical (unpaired) electrons. The van der Waals surface area contributed by atoms with E-state index in [1.807, 2.05) is 13.0 Å². The number of aliphatic hydroxyl groups is 1. The van der Waals surface area contributed by atoms with E-state index in [2.05, 4.69) is 9.71 Å². The third-order valence-electron chi connectivity index (χ3n) is 2.98. The van der Waals surface area contributed by atoms with Gasteiger partial charge in [0.1, 0.15) is 0 Å². The normalized spacial score (nSPS) is 11.5. The van der Waals surface area contributed by atoms with Crippen LogP contribution in [0.5, 0.6) is 0 Å². The number of rotatable bonds is 5. The third kappa shape index (κ3) is 3.22. The Morgan fingerprint density at radius 3 is 2.65 bits per heavy atom. The topological polar surface area (TPSA) is 79.3 Å². The van der Waals surface area contributed by atoms with Crippen LogP contribution < -0.4 is 4.72 Å². The number of sulfonamides is 1. The van der Waals surface area contributed by atoms with Gasteiger partial charge in [0.25, 0.3) is 0 Å². The van der Waals surface area contributed by atoms with Crippen LogP contribution in [0, 0.1) is 6.92 Å². The van der Waals surface area contributed by atoms with Crippen LogP contribution in [0.3, 0.4) is 0 Å². The Hall–Kier alpha value is -1.76. The smallest absolute Gasteiger partial charge is 0.241 e. The highest BCUT2D eigenvalue weighted by Gasteiger charge is 2.17. The molecule has 20 heavy (non-hydrogen) atoms. The maximum atomic E-state index is 12.2. The molecular formula is C14H16N2O3S. The predicted octanol–water partition coefficient (Wildman–Crippen LogP) is 1.36. The molecular weight excluding hydrogens is 276 g/mol. The first-order chi connectivity index (χ1) is 9.54. The lowest BCUT2D eigenvalue weighted by Crippen LogP contribution is -2.25. The maximum absolute atomic E-state index is 12.2. The first-order valence-electron chi connectivity index (χ1n) is 6.13. The van der Waals surface area contributed by atoms with Gasteiger partial charge in [0, 0.05) is 6.20 Å². The molecule has 106 valence electrons. The Kier molecular flexibility index (Phi) is 4.49. The molecule has 1 heterocycles. The van der Waals surface area contributed by atoms with Gasteiger partial charge in [0.2, 0.25) is 10.0 Å². The summed E-state index contributed by atoms with van der Waals surface area (Å²) in [5.41, 5.74) is 1.97. The van der Waals surface area contributed by atoms with E-state index in [1.54, 1.807) is 30.5 Å². The number of aromatic nitrogens is 1. The zero-order valence-corrected chi connectivity index (χ0v) is 11.9. The van der Waals surface area contributed by atoms with E-state index in [-0.39, 0.29) is 18.0 Å². The molecule has 1 aromatic heterocycles. The molecule has 2 rings (SSSR count). The molecule has 0 atom stereocenters. The lowest BCUT2D eigenvalue weighted by atomic mass is 10.2. The van der Waals surface area contributed by atoms with E-state index in [1.165, 1.54) is 6.07 Å². The average molecular weight is 292 g/mol. The molecule has 0 unspecified atom stereocenters. The quantitative estimate of drug-likeness (QED) is 0.872. The molecule has 0 saturated carbocycles. The van der Waals surface area contributed by atoms with E-state index in [4.69, 9.17) is 0 Å². The molecule has 2 N–H and O–H groups in total. The molecule has 0 aliphatic rings. The van der Waals surface area contributed by atoms with Crippen LogP contribution >= 0.6 is 0 Å². The van der Waals surface area contributed by atoms with Gasteiger partial charge in [0.15, 0.2) is 0 Å². The van der Waals surface area contributed by atoms with Crippen molar-refractivity contribution in [2.45, 2.75) is 25.0 Å². The Labute approximate surface area is 118 Å². The second-order valence-electron chi connectivity index (χ2n) is 4.36. The summed E-state index contributed by atoms with van der Waals surface area (Å²) in [6.45, 7) is 1.67. The van der Waals surface area contributed by atoms with E-state index >= 15 is 0 Å². The van der Waals surface area contributed by atoms with Crippen molar-refractivity contribution in [1.29, 1.82) is 0 Å². The maximum Gasteiger partial charge on any atom is 0.241 e. The van der Waals surface area contributed by atoms with Crippen LogP contribution in [-0.4, -0.2) is 18.5 Å². The third-order valence-corrected chi connectivity index (χ3v) is 4.48. The highest BCUT2D eigenvalue weighted by molar-refractivity contribution is 7.89. The summed E-state index contributed by atoms with van der Waals surface area (Å²) < 4.78 is 27.0. The number of nitrogens with zero attached hydrogens (tertiary/aromatic N) is 1. The minimum absolute atomic E-state index is 0.0936. The average Bonchev–Trinajstić information content (AvgIpc) is 2.46. The Morgan fingerprint density at radius 2 is 1.95 bits per heavy atom. The van der Waals surface area contributed by atoms with E-state index < -0.39 is 10.0 Å². The molecule has 6 heteroatoms. The molecule has 0 aliphatic carbocycles. The lowest BCUT2D eigenvalue weighted by molar-refractivity contribution is 0.278. The van der Waals surface area contributed by atoms with Crippen molar-refractivity contribution in [2.75, 3.05) is 0 Å². The molecule has 5 nitrogen and oxygen atoms in total. The summed E-state index contributed by atoms with van der Waals surface area (Å²) in [6, 6.07) is 10.0. The number of aliphatic hydroxyl groups excluding tert-OH is 1. The Bertz CT molecular complexity index is 699. The zero-order chi connectivity index (χ0) is 14.6. The highest BCUT2D eigenvalue weighted by atomic mass is 32.2. The van der Waals surface area contributed by atoms with Gasteiger partial charge >= 0.3 is 0 Å². The number of pyridine rings is 1. The van der Waals surface area contributed by atoms with Crippen molar-refractivity contribution < 1.29 is 13.5 Å². The van der Waals surface area contributed by atoms with E-state index in [9.17, 15) is 13.5 Å². The fourth-order valence-electron chi connectivity index (χ4n) is 1.84. The number of hydrogen-bond donors (Lipinski definition) is 2. The van der Waals surface area contributed by atoms with Gasteiger partial charge in [-0.15, -0.1) is 0 Å². The number of nitrogens with one attached hydrogen (secondary N) is 1. The summed E-state index contributed by atoms with van der Waals surface area (Å²) in [5, 5.41) is 9.21. The molecule has 0 fully saturated rings. The van der Waals surface area contributed by atoms with Gasteiger partial charge in [-0.05, 0) is 30.2 Å². The summed E-state index contributed by atoms with van der Waals surface area (Å²) in [4.78, 5) is 4.23. The van der Waals surface area contributed by atoms with Crippen molar-refractivity contribution >= 4 is 10.0 Å². The zero-order valence-electron chi connectivity index (χ0n) is 11.1. The number of hydrogen-bond acceptors (Lipinski definition) is 4. The van der Waals surface area contributed by atoms with Gasteiger partial charge in [-0.2, -0.15) is 0 Å². The summed E-state index contributed by atoms with van der Waals surface area (Å²) in [5.74, 6) is 0. The lowest BCUT2D eigenvalue weighted by Gasteiger charge is -2.10. The second kappa shape index (κ2) is 6.13. The van der Waals surface area contributed by atoms with Crippen LogP contribution in [-0.2, 0) is 23.2 Å². The van der Waals surface area contributed by atoms with Crippen molar-refractivity contribution in [3.8, 4) is 0 Å². The first-order valence-corrected chi connectivity index (χ1v) is 7.62. The summed E-state index contributed by atoms with van der Waals surface area (Å²) in [7, 11) is -3.67. The molecule has 0 aliphatic heterocycles. The van der Waals surface area contributed by atoms with Crippen molar-refractivity contribution in [2.24, 2.45) is 0 Å². The minimum atomic E-state index is -3.67.